The third-order valence-electron chi connectivity index (χ3n) is 4.11. The van der Waals surface area contributed by atoms with Crippen LogP contribution in [0.2, 0.25) is 0 Å². The van der Waals surface area contributed by atoms with Gasteiger partial charge in [-0.3, -0.25) is 0 Å². The van der Waals surface area contributed by atoms with Crippen molar-refractivity contribution in [3.63, 3.8) is 0 Å². The van der Waals surface area contributed by atoms with Gasteiger partial charge in [-0.2, -0.15) is 18.2 Å². The van der Waals surface area contributed by atoms with E-state index in [9.17, 15) is 13.2 Å². The number of ether oxygens (including phenoxy) is 2. The van der Waals surface area contributed by atoms with Gasteiger partial charge >= 0.3 is 6.18 Å². The number of halogens is 3. The minimum absolute atomic E-state index is 0.0565. The van der Waals surface area contributed by atoms with Crippen molar-refractivity contribution in [3.05, 3.63) is 72.3 Å². The molecule has 0 unspecified atom stereocenters. The number of para-hydroxylation sites is 2. The van der Waals surface area contributed by atoms with Crippen molar-refractivity contribution in [1.29, 1.82) is 0 Å². The lowest BCUT2D eigenvalue weighted by Crippen LogP contribution is -2.06. The fourth-order valence-electron chi connectivity index (χ4n) is 2.73. The smallest absolute Gasteiger partial charge is 0.416 e. The number of rotatable bonds is 5. The number of nitrogens with zero attached hydrogens (tertiary/aromatic N) is 1. The number of nitrogens with one attached hydrogen (secondary N) is 1. The van der Waals surface area contributed by atoms with E-state index in [4.69, 9.17) is 13.9 Å². The zero-order valence-corrected chi connectivity index (χ0v) is 15.2. The zero-order valence-electron chi connectivity index (χ0n) is 15.2. The molecular formula is C21H15F3N2O3. The highest BCUT2D eigenvalue weighted by Crippen LogP contribution is 2.38. The Morgan fingerprint density at radius 3 is 2.48 bits per heavy atom. The van der Waals surface area contributed by atoms with Crippen LogP contribution in [0.1, 0.15) is 5.56 Å². The molecule has 148 valence electrons. The highest BCUT2D eigenvalue weighted by molar-refractivity contribution is 5.76. The van der Waals surface area contributed by atoms with Crippen LogP contribution in [0.25, 0.3) is 11.1 Å². The largest absolute Gasteiger partial charge is 0.497 e. The molecule has 4 aromatic rings. The van der Waals surface area contributed by atoms with E-state index in [-0.39, 0.29) is 17.5 Å². The van der Waals surface area contributed by atoms with Crippen LogP contribution in [-0.2, 0) is 6.18 Å². The van der Waals surface area contributed by atoms with Crippen LogP contribution >= 0.6 is 0 Å². The van der Waals surface area contributed by atoms with Crippen molar-refractivity contribution in [1.82, 2.24) is 4.98 Å². The van der Waals surface area contributed by atoms with Gasteiger partial charge in [-0.05, 0) is 42.5 Å². The zero-order chi connectivity index (χ0) is 20.4. The number of anilines is 2. The second kappa shape index (κ2) is 7.38. The van der Waals surface area contributed by atoms with Crippen LogP contribution in [0.3, 0.4) is 0 Å². The first kappa shape index (κ1) is 18.7. The first-order chi connectivity index (χ1) is 13.9. The number of benzene rings is 3. The Balaban J connectivity index is 1.72. The molecule has 3 aromatic carbocycles. The Morgan fingerprint density at radius 1 is 0.931 bits per heavy atom. The summed E-state index contributed by atoms with van der Waals surface area (Å²) < 4.78 is 56.1. The molecule has 0 aliphatic rings. The molecule has 0 saturated heterocycles. The molecule has 0 amide bonds. The summed E-state index contributed by atoms with van der Waals surface area (Å²) in [6.45, 7) is 0. The van der Waals surface area contributed by atoms with Crippen molar-refractivity contribution in [2.24, 2.45) is 0 Å². The van der Waals surface area contributed by atoms with E-state index in [1.807, 2.05) is 0 Å². The second-order valence-corrected chi connectivity index (χ2v) is 6.10. The lowest BCUT2D eigenvalue weighted by Gasteiger charge is -2.15. The van der Waals surface area contributed by atoms with E-state index in [2.05, 4.69) is 10.3 Å². The molecule has 4 rings (SSSR count). The monoisotopic (exact) mass is 400 g/mol. The van der Waals surface area contributed by atoms with Gasteiger partial charge in [0.05, 0.1) is 18.4 Å². The summed E-state index contributed by atoms with van der Waals surface area (Å²) in [7, 11) is 1.51. The molecule has 0 fully saturated rings. The molecule has 0 bridgehead atoms. The SMILES string of the molecule is COc1cccc(Oc2ccc(C(F)(F)F)cc2Nc2nc3ccccc3o2)c1. The van der Waals surface area contributed by atoms with Gasteiger partial charge in [0.25, 0.3) is 6.01 Å². The van der Waals surface area contributed by atoms with Crippen LogP contribution in [0, 0.1) is 0 Å². The summed E-state index contributed by atoms with van der Waals surface area (Å²) in [5.74, 6) is 1.14. The Kier molecular flexibility index (Phi) is 4.75. The highest BCUT2D eigenvalue weighted by Gasteiger charge is 2.31. The molecular weight excluding hydrogens is 385 g/mol. The summed E-state index contributed by atoms with van der Waals surface area (Å²) in [6.07, 6.45) is -4.51. The summed E-state index contributed by atoms with van der Waals surface area (Å²) in [5, 5.41) is 2.79. The lowest BCUT2D eigenvalue weighted by atomic mass is 10.1. The Hall–Kier alpha value is -3.68. The number of fused-ring (bicyclic) bond motifs is 1. The van der Waals surface area contributed by atoms with Gasteiger partial charge in [0.2, 0.25) is 0 Å². The van der Waals surface area contributed by atoms with Crippen molar-refractivity contribution in [2.45, 2.75) is 6.18 Å². The average Bonchev–Trinajstić information content (AvgIpc) is 3.11. The van der Waals surface area contributed by atoms with Gasteiger partial charge in [-0.15, -0.1) is 0 Å². The lowest BCUT2D eigenvalue weighted by molar-refractivity contribution is -0.137. The van der Waals surface area contributed by atoms with Gasteiger partial charge < -0.3 is 19.2 Å². The molecule has 0 saturated carbocycles. The van der Waals surface area contributed by atoms with Gasteiger partial charge in [0.15, 0.2) is 11.3 Å². The van der Waals surface area contributed by atoms with Crippen LogP contribution < -0.4 is 14.8 Å². The summed E-state index contributed by atoms with van der Waals surface area (Å²) in [5.41, 5.74) is 0.331. The van der Waals surface area contributed by atoms with Crippen LogP contribution in [0.5, 0.6) is 17.2 Å². The topological polar surface area (TPSA) is 56.5 Å². The molecule has 8 heteroatoms. The van der Waals surface area contributed by atoms with Gasteiger partial charge in [0, 0.05) is 6.07 Å². The number of alkyl halides is 3. The van der Waals surface area contributed by atoms with Crippen LogP contribution in [0.15, 0.2) is 71.1 Å². The fourth-order valence-corrected chi connectivity index (χ4v) is 2.73. The van der Waals surface area contributed by atoms with E-state index in [1.165, 1.54) is 13.2 Å². The molecule has 0 atom stereocenters. The molecule has 0 aliphatic heterocycles. The molecule has 1 aromatic heterocycles. The summed E-state index contributed by atoms with van der Waals surface area (Å²) >= 11 is 0. The third-order valence-corrected chi connectivity index (χ3v) is 4.11. The van der Waals surface area contributed by atoms with E-state index < -0.39 is 11.7 Å². The molecule has 5 nitrogen and oxygen atoms in total. The summed E-state index contributed by atoms with van der Waals surface area (Å²) in [6, 6.07) is 17.0. The average molecular weight is 400 g/mol. The van der Waals surface area contributed by atoms with Gasteiger partial charge in [-0.25, -0.2) is 0 Å². The molecule has 0 spiro atoms. The highest BCUT2D eigenvalue weighted by atomic mass is 19.4. The van der Waals surface area contributed by atoms with Crippen molar-refractivity contribution in [2.75, 3.05) is 12.4 Å². The van der Waals surface area contributed by atoms with Gasteiger partial charge in [0.1, 0.15) is 17.0 Å². The number of oxazole rings is 1. The minimum Gasteiger partial charge on any atom is -0.497 e. The van der Waals surface area contributed by atoms with E-state index in [1.54, 1.807) is 48.5 Å². The molecule has 29 heavy (non-hydrogen) atoms. The predicted octanol–water partition coefficient (Wildman–Crippen LogP) is 6.39. The summed E-state index contributed by atoms with van der Waals surface area (Å²) in [4.78, 5) is 4.24. The van der Waals surface area contributed by atoms with E-state index >= 15 is 0 Å². The van der Waals surface area contributed by atoms with Gasteiger partial charge in [-0.1, -0.05) is 18.2 Å². The Bertz CT molecular complexity index is 1120. The number of hydrogen-bond acceptors (Lipinski definition) is 5. The Morgan fingerprint density at radius 2 is 1.72 bits per heavy atom. The number of methoxy groups -OCH3 is 1. The first-order valence-electron chi connectivity index (χ1n) is 8.58. The maximum atomic E-state index is 13.2. The van der Waals surface area contributed by atoms with Crippen LogP contribution in [0.4, 0.5) is 24.9 Å². The van der Waals surface area contributed by atoms with Crippen molar-refractivity contribution in [3.8, 4) is 17.2 Å². The molecule has 1 heterocycles. The van der Waals surface area contributed by atoms with Crippen LogP contribution in [-0.4, -0.2) is 12.1 Å². The second-order valence-electron chi connectivity index (χ2n) is 6.10. The minimum atomic E-state index is -4.51. The molecule has 1 N–H and O–H groups in total. The Labute approximate surface area is 163 Å². The van der Waals surface area contributed by atoms with Crippen molar-refractivity contribution < 1.29 is 27.1 Å². The van der Waals surface area contributed by atoms with E-state index in [0.29, 0.717) is 22.6 Å². The normalized spacial score (nSPS) is 11.4. The number of hydrogen-bond donors (Lipinski definition) is 1. The quantitative estimate of drug-likeness (QED) is 0.421. The van der Waals surface area contributed by atoms with E-state index in [0.717, 1.165) is 12.1 Å². The predicted molar refractivity (Wildman–Crippen MR) is 102 cm³/mol. The fraction of sp³-hybridized carbons (Fsp3) is 0.0952. The maximum absolute atomic E-state index is 13.2. The third kappa shape index (κ3) is 4.11. The maximum Gasteiger partial charge on any atom is 0.416 e. The molecule has 0 radical (unpaired) electrons. The standard InChI is InChI=1S/C21H15F3N2O3/c1-27-14-5-4-6-15(12-14)28-19-10-9-13(21(22,23)24)11-17(19)26-20-25-16-7-2-3-8-18(16)29-20/h2-12H,1H3,(H,25,26). The first-order valence-corrected chi connectivity index (χ1v) is 8.58. The molecule has 0 aliphatic carbocycles. The number of aromatic nitrogens is 1. The van der Waals surface area contributed by atoms with Crippen molar-refractivity contribution >= 4 is 22.8 Å².